The summed E-state index contributed by atoms with van der Waals surface area (Å²) in [4.78, 5) is 24.5. The van der Waals surface area contributed by atoms with Gasteiger partial charge in [0.05, 0.1) is 12.2 Å². The van der Waals surface area contributed by atoms with Crippen molar-refractivity contribution in [3.8, 4) is 0 Å². The molecule has 0 radical (unpaired) electrons. The molecule has 0 aliphatic heterocycles. The first-order valence-corrected chi connectivity index (χ1v) is 7.92. The van der Waals surface area contributed by atoms with Gasteiger partial charge in [-0.15, -0.1) is 6.58 Å². The summed E-state index contributed by atoms with van der Waals surface area (Å²) in [6, 6.07) is 17.2. The van der Waals surface area contributed by atoms with E-state index in [1.54, 1.807) is 66.7 Å². The van der Waals surface area contributed by atoms with Crippen LogP contribution in [-0.4, -0.2) is 35.7 Å². The first-order chi connectivity index (χ1) is 12.1. The summed E-state index contributed by atoms with van der Waals surface area (Å²) in [5, 5.41) is 12.6. The maximum absolute atomic E-state index is 12.4. The number of rotatable bonds is 8. The van der Waals surface area contributed by atoms with Crippen LogP contribution in [0.25, 0.3) is 0 Å². The van der Waals surface area contributed by atoms with Crippen molar-refractivity contribution in [1.82, 2.24) is 5.32 Å². The number of benzene rings is 2. The van der Waals surface area contributed by atoms with E-state index in [2.05, 4.69) is 11.9 Å². The highest BCUT2D eigenvalue weighted by Crippen LogP contribution is 2.15. The Hall–Kier alpha value is -2.92. The molecule has 0 fully saturated rings. The monoisotopic (exact) mass is 339 g/mol. The highest BCUT2D eigenvalue weighted by Gasteiger charge is 2.32. The summed E-state index contributed by atoms with van der Waals surface area (Å²) in [7, 11) is 0. The lowest BCUT2D eigenvalue weighted by Crippen LogP contribution is -2.54. The molecule has 0 saturated heterocycles. The Morgan fingerprint density at radius 1 is 1.04 bits per heavy atom. The van der Waals surface area contributed by atoms with Gasteiger partial charge in [0.15, 0.2) is 0 Å². The van der Waals surface area contributed by atoms with E-state index in [9.17, 15) is 14.7 Å². The number of carbonyl (C=O) groups is 2. The number of aliphatic hydroxyl groups excluding tert-OH is 1. The Balaban J connectivity index is 2.10. The van der Waals surface area contributed by atoms with Gasteiger partial charge >= 0.3 is 5.97 Å². The second-order valence-electron chi connectivity index (χ2n) is 5.69. The van der Waals surface area contributed by atoms with Crippen molar-refractivity contribution in [3.63, 3.8) is 0 Å². The maximum atomic E-state index is 12.4. The molecule has 2 N–H and O–H groups in total. The Labute approximate surface area is 146 Å². The Morgan fingerprint density at radius 3 is 2.12 bits per heavy atom. The fourth-order valence-corrected chi connectivity index (χ4v) is 2.34. The van der Waals surface area contributed by atoms with E-state index < -0.39 is 11.5 Å². The van der Waals surface area contributed by atoms with Crippen LogP contribution in [0.4, 0.5) is 0 Å². The third kappa shape index (κ3) is 5.02. The van der Waals surface area contributed by atoms with Crippen LogP contribution in [0.5, 0.6) is 0 Å². The second-order valence-corrected chi connectivity index (χ2v) is 5.69. The van der Waals surface area contributed by atoms with Gasteiger partial charge in [0.25, 0.3) is 5.91 Å². The van der Waals surface area contributed by atoms with Crippen LogP contribution in [0.2, 0.25) is 0 Å². The molecule has 0 bridgehead atoms. The minimum absolute atomic E-state index is 0.165. The molecule has 2 aromatic carbocycles. The molecule has 0 aromatic heterocycles. The molecule has 5 heteroatoms. The number of nitrogens with one attached hydrogen (secondary N) is 1. The Bertz CT molecular complexity index is 715. The normalized spacial score (nSPS) is 12.7. The third-order valence-corrected chi connectivity index (χ3v) is 3.74. The number of amides is 1. The Kier molecular flexibility index (Phi) is 6.48. The molecule has 0 aliphatic rings. The molecular weight excluding hydrogens is 318 g/mol. The van der Waals surface area contributed by atoms with Gasteiger partial charge in [0, 0.05) is 5.56 Å². The largest absolute Gasteiger partial charge is 0.459 e. The molecule has 2 aromatic rings. The predicted molar refractivity (Wildman–Crippen MR) is 95.3 cm³/mol. The molecule has 0 aliphatic carbocycles. The zero-order valence-electron chi connectivity index (χ0n) is 13.9. The number of carbonyl (C=O) groups excluding carboxylic acids is 2. The standard InChI is InChI=1S/C20H21NO4/c1-2-13-20(14-22,21-18(23)16-9-5-3-6-10-16)15-25-19(24)17-11-7-4-8-12-17/h2-12,22H,1,13-15H2,(H,21,23). The second kappa shape index (κ2) is 8.80. The van der Waals surface area contributed by atoms with Gasteiger partial charge in [0.1, 0.15) is 12.1 Å². The summed E-state index contributed by atoms with van der Waals surface area (Å²) >= 11 is 0. The minimum Gasteiger partial charge on any atom is -0.459 e. The highest BCUT2D eigenvalue weighted by atomic mass is 16.5. The Morgan fingerprint density at radius 2 is 1.60 bits per heavy atom. The number of hydrogen-bond donors (Lipinski definition) is 2. The zero-order chi connectivity index (χ0) is 18.1. The predicted octanol–water partition coefficient (Wildman–Crippen LogP) is 2.58. The van der Waals surface area contributed by atoms with E-state index in [1.165, 1.54) is 0 Å². The average Bonchev–Trinajstić information content (AvgIpc) is 2.67. The molecule has 2 rings (SSSR count). The van der Waals surface area contributed by atoms with Crippen molar-refractivity contribution in [2.24, 2.45) is 0 Å². The van der Waals surface area contributed by atoms with Crippen molar-refractivity contribution in [1.29, 1.82) is 0 Å². The van der Waals surface area contributed by atoms with Gasteiger partial charge in [-0.3, -0.25) is 4.79 Å². The molecular formula is C20H21NO4. The summed E-state index contributed by atoms with van der Waals surface area (Å²) < 4.78 is 5.31. The van der Waals surface area contributed by atoms with Crippen molar-refractivity contribution in [2.75, 3.05) is 13.2 Å². The zero-order valence-corrected chi connectivity index (χ0v) is 13.9. The number of hydrogen-bond acceptors (Lipinski definition) is 4. The van der Waals surface area contributed by atoms with Crippen molar-refractivity contribution >= 4 is 11.9 Å². The van der Waals surface area contributed by atoms with Crippen LogP contribution >= 0.6 is 0 Å². The van der Waals surface area contributed by atoms with Crippen molar-refractivity contribution in [2.45, 2.75) is 12.0 Å². The summed E-state index contributed by atoms with van der Waals surface area (Å²) in [6.45, 7) is 3.10. The average molecular weight is 339 g/mol. The third-order valence-electron chi connectivity index (χ3n) is 3.74. The van der Waals surface area contributed by atoms with Crippen molar-refractivity contribution in [3.05, 3.63) is 84.4 Å². The number of esters is 1. The first kappa shape index (κ1) is 18.4. The molecule has 1 amide bonds. The summed E-state index contributed by atoms with van der Waals surface area (Å²) in [5.74, 6) is -0.872. The molecule has 0 heterocycles. The van der Waals surface area contributed by atoms with E-state index in [4.69, 9.17) is 4.74 Å². The van der Waals surface area contributed by atoms with Crippen LogP contribution < -0.4 is 5.32 Å². The van der Waals surface area contributed by atoms with E-state index in [0.717, 1.165) is 0 Å². The van der Waals surface area contributed by atoms with Crippen LogP contribution in [0.15, 0.2) is 73.3 Å². The molecule has 5 nitrogen and oxygen atoms in total. The van der Waals surface area contributed by atoms with Gasteiger partial charge < -0.3 is 15.2 Å². The summed E-state index contributed by atoms with van der Waals surface area (Å²) in [5.41, 5.74) is -0.264. The van der Waals surface area contributed by atoms with E-state index in [1.807, 2.05) is 0 Å². The van der Waals surface area contributed by atoms with Gasteiger partial charge in [-0.05, 0) is 30.7 Å². The lowest BCUT2D eigenvalue weighted by atomic mass is 9.96. The lowest BCUT2D eigenvalue weighted by molar-refractivity contribution is 0.0251. The van der Waals surface area contributed by atoms with Crippen molar-refractivity contribution < 1.29 is 19.4 Å². The van der Waals surface area contributed by atoms with Crippen LogP contribution in [0, 0.1) is 0 Å². The lowest BCUT2D eigenvalue weighted by Gasteiger charge is -2.31. The number of aliphatic hydroxyl groups is 1. The van der Waals surface area contributed by atoms with Crippen LogP contribution in [0.1, 0.15) is 27.1 Å². The van der Waals surface area contributed by atoms with E-state index in [0.29, 0.717) is 11.1 Å². The molecule has 1 unspecified atom stereocenters. The van der Waals surface area contributed by atoms with Gasteiger partial charge in [-0.1, -0.05) is 42.5 Å². The summed E-state index contributed by atoms with van der Waals surface area (Å²) in [6.07, 6.45) is 1.82. The van der Waals surface area contributed by atoms with Crippen LogP contribution in [0.3, 0.4) is 0 Å². The molecule has 130 valence electrons. The molecule has 0 saturated carbocycles. The molecule has 0 spiro atoms. The van der Waals surface area contributed by atoms with Gasteiger partial charge in [-0.25, -0.2) is 4.79 Å². The van der Waals surface area contributed by atoms with Gasteiger partial charge in [-0.2, -0.15) is 0 Å². The molecule has 25 heavy (non-hydrogen) atoms. The minimum atomic E-state index is -1.13. The quantitative estimate of drug-likeness (QED) is 0.572. The highest BCUT2D eigenvalue weighted by molar-refractivity contribution is 5.94. The smallest absolute Gasteiger partial charge is 0.338 e. The number of ether oxygens (including phenoxy) is 1. The maximum Gasteiger partial charge on any atom is 0.338 e. The van der Waals surface area contributed by atoms with E-state index >= 15 is 0 Å². The fourth-order valence-electron chi connectivity index (χ4n) is 2.34. The fraction of sp³-hybridized carbons (Fsp3) is 0.200. The molecule has 1 atom stereocenters. The first-order valence-electron chi connectivity index (χ1n) is 7.92. The SMILES string of the molecule is C=CCC(CO)(COC(=O)c1ccccc1)NC(=O)c1ccccc1. The van der Waals surface area contributed by atoms with E-state index in [-0.39, 0.29) is 25.5 Å². The van der Waals surface area contributed by atoms with Gasteiger partial charge in [0.2, 0.25) is 0 Å². The topological polar surface area (TPSA) is 75.6 Å². The van der Waals surface area contributed by atoms with Crippen LogP contribution in [-0.2, 0) is 4.74 Å².